The third-order valence-corrected chi connectivity index (χ3v) is 2.36. The Morgan fingerprint density at radius 1 is 1.10 bits per heavy atom. The fraction of sp³-hybridized carbons (Fsp3) is 0. The molecule has 1 aromatic heterocycles. The molecule has 2 N–H and O–H groups in total. The molecule has 2 aromatic rings. The van der Waals surface area contributed by atoms with Gasteiger partial charge in [-0.15, -0.1) is 0 Å². The van der Waals surface area contributed by atoms with Gasteiger partial charge in [-0.25, -0.2) is 4.39 Å². The standard InChI is InChI=1S/C14H11FN2O3/c15-11-5-2-1-4-10(11)7-8-13(18)16-17-14(19)12-6-3-9-20-12/h1-9H,(H,16,18)(H,17,19)/b8-7+. The molecule has 6 heteroatoms. The van der Waals surface area contributed by atoms with Crippen molar-refractivity contribution in [2.75, 3.05) is 0 Å². The lowest BCUT2D eigenvalue weighted by molar-refractivity contribution is -0.117. The van der Waals surface area contributed by atoms with E-state index in [-0.39, 0.29) is 11.3 Å². The lowest BCUT2D eigenvalue weighted by Crippen LogP contribution is -2.40. The van der Waals surface area contributed by atoms with Crippen LogP contribution in [0.5, 0.6) is 0 Å². The Morgan fingerprint density at radius 2 is 1.90 bits per heavy atom. The molecular formula is C14H11FN2O3. The van der Waals surface area contributed by atoms with E-state index in [9.17, 15) is 14.0 Å². The number of carbonyl (C=O) groups is 2. The van der Waals surface area contributed by atoms with Gasteiger partial charge in [0.15, 0.2) is 5.76 Å². The van der Waals surface area contributed by atoms with E-state index in [1.807, 2.05) is 0 Å². The predicted molar refractivity (Wildman–Crippen MR) is 69.8 cm³/mol. The van der Waals surface area contributed by atoms with Crippen molar-refractivity contribution in [1.82, 2.24) is 10.9 Å². The summed E-state index contributed by atoms with van der Waals surface area (Å²) in [4.78, 5) is 22.9. The Labute approximate surface area is 114 Å². The summed E-state index contributed by atoms with van der Waals surface area (Å²) in [5, 5.41) is 0. The predicted octanol–water partition coefficient (Wildman–Crippen LogP) is 1.89. The molecule has 0 aliphatic heterocycles. The summed E-state index contributed by atoms with van der Waals surface area (Å²) in [7, 11) is 0. The highest BCUT2D eigenvalue weighted by molar-refractivity contribution is 5.96. The van der Waals surface area contributed by atoms with Gasteiger partial charge in [-0.1, -0.05) is 18.2 Å². The number of benzene rings is 1. The maximum absolute atomic E-state index is 13.3. The minimum absolute atomic E-state index is 0.0726. The zero-order valence-corrected chi connectivity index (χ0v) is 10.3. The minimum Gasteiger partial charge on any atom is -0.459 e. The van der Waals surface area contributed by atoms with Crippen LogP contribution in [0.15, 0.2) is 53.2 Å². The van der Waals surface area contributed by atoms with E-state index in [0.29, 0.717) is 0 Å². The number of halogens is 1. The van der Waals surface area contributed by atoms with E-state index in [4.69, 9.17) is 4.42 Å². The average molecular weight is 274 g/mol. The Kier molecular flexibility index (Phi) is 4.28. The highest BCUT2D eigenvalue weighted by atomic mass is 19.1. The third kappa shape index (κ3) is 3.55. The second-order valence-corrected chi connectivity index (χ2v) is 3.78. The van der Waals surface area contributed by atoms with Gasteiger partial charge in [-0.2, -0.15) is 0 Å². The minimum atomic E-state index is -0.590. The largest absolute Gasteiger partial charge is 0.459 e. The van der Waals surface area contributed by atoms with Crippen molar-refractivity contribution in [2.45, 2.75) is 0 Å². The molecule has 2 rings (SSSR count). The monoisotopic (exact) mass is 274 g/mol. The van der Waals surface area contributed by atoms with E-state index in [0.717, 1.165) is 6.08 Å². The Morgan fingerprint density at radius 3 is 2.60 bits per heavy atom. The zero-order valence-electron chi connectivity index (χ0n) is 10.3. The Bertz CT molecular complexity index is 636. The number of hydrazine groups is 1. The van der Waals surface area contributed by atoms with Crippen LogP contribution in [-0.4, -0.2) is 11.8 Å². The lowest BCUT2D eigenvalue weighted by Gasteiger charge is -2.02. The fourth-order valence-electron chi connectivity index (χ4n) is 1.41. The quantitative estimate of drug-likeness (QED) is 0.663. The van der Waals surface area contributed by atoms with Crippen LogP contribution in [0, 0.1) is 5.82 Å². The molecule has 0 saturated carbocycles. The molecule has 1 heterocycles. The first-order chi connectivity index (χ1) is 9.66. The molecule has 0 aliphatic carbocycles. The summed E-state index contributed by atoms with van der Waals surface area (Å²) < 4.78 is 18.1. The summed E-state index contributed by atoms with van der Waals surface area (Å²) in [5.41, 5.74) is 4.59. The summed E-state index contributed by atoms with van der Waals surface area (Å²) in [6.07, 6.45) is 3.76. The molecule has 1 aromatic carbocycles. The molecule has 0 aliphatic rings. The van der Waals surface area contributed by atoms with E-state index in [1.54, 1.807) is 18.2 Å². The molecular weight excluding hydrogens is 263 g/mol. The Balaban J connectivity index is 1.87. The first-order valence-electron chi connectivity index (χ1n) is 5.73. The van der Waals surface area contributed by atoms with Gasteiger partial charge in [-0.05, 0) is 24.3 Å². The van der Waals surface area contributed by atoms with Gasteiger partial charge in [0.1, 0.15) is 5.82 Å². The van der Waals surface area contributed by atoms with Crippen molar-refractivity contribution in [3.05, 3.63) is 65.9 Å². The number of rotatable bonds is 3. The fourth-order valence-corrected chi connectivity index (χ4v) is 1.41. The Hall–Kier alpha value is -2.89. The highest BCUT2D eigenvalue weighted by Crippen LogP contribution is 2.07. The molecule has 102 valence electrons. The third-order valence-electron chi connectivity index (χ3n) is 2.36. The van der Waals surface area contributed by atoms with Crippen LogP contribution in [0.4, 0.5) is 4.39 Å². The topological polar surface area (TPSA) is 71.3 Å². The van der Waals surface area contributed by atoms with Crippen molar-refractivity contribution < 1.29 is 18.4 Å². The van der Waals surface area contributed by atoms with Crippen LogP contribution in [0.25, 0.3) is 6.08 Å². The van der Waals surface area contributed by atoms with Gasteiger partial charge in [-0.3, -0.25) is 20.4 Å². The van der Waals surface area contributed by atoms with Crippen molar-refractivity contribution in [2.24, 2.45) is 0 Å². The maximum atomic E-state index is 13.3. The molecule has 5 nitrogen and oxygen atoms in total. The molecule has 0 radical (unpaired) electrons. The molecule has 0 saturated heterocycles. The molecule has 20 heavy (non-hydrogen) atoms. The SMILES string of the molecule is O=C(/C=C/c1ccccc1F)NNC(=O)c1ccco1. The number of nitrogens with one attached hydrogen (secondary N) is 2. The smallest absolute Gasteiger partial charge is 0.305 e. The van der Waals surface area contributed by atoms with E-state index in [1.165, 1.54) is 30.5 Å². The summed E-state index contributed by atoms with van der Waals surface area (Å²) in [5.74, 6) is -1.53. The molecule has 0 atom stereocenters. The second-order valence-electron chi connectivity index (χ2n) is 3.78. The van der Waals surface area contributed by atoms with Crippen LogP contribution in [0.1, 0.15) is 16.1 Å². The molecule has 0 spiro atoms. The summed E-state index contributed by atoms with van der Waals surface area (Å²) in [6.45, 7) is 0. The number of amides is 2. The van der Waals surface area contributed by atoms with E-state index in [2.05, 4.69) is 10.9 Å². The summed E-state index contributed by atoms with van der Waals surface area (Å²) in [6, 6.07) is 9.03. The first kappa shape index (κ1) is 13.5. The molecule has 2 amide bonds. The van der Waals surface area contributed by atoms with Gasteiger partial charge in [0, 0.05) is 11.6 Å². The van der Waals surface area contributed by atoms with Gasteiger partial charge in [0.25, 0.3) is 5.91 Å². The highest BCUT2D eigenvalue weighted by Gasteiger charge is 2.08. The van der Waals surface area contributed by atoms with Crippen LogP contribution in [-0.2, 0) is 4.79 Å². The normalized spacial score (nSPS) is 10.4. The molecule has 0 bridgehead atoms. The van der Waals surface area contributed by atoms with Crippen molar-refractivity contribution in [3.8, 4) is 0 Å². The summed E-state index contributed by atoms with van der Waals surface area (Å²) >= 11 is 0. The lowest BCUT2D eigenvalue weighted by atomic mass is 10.2. The van der Waals surface area contributed by atoms with Crippen LogP contribution in [0.2, 0.25) is 0 Å². The van der Waals surface area contributed by atoms with Gasteiger partial charge < -0.3 is 4.42 Å². The van der Waals surface area contributed by atoms with Crippen LogP contribution in [0.3, 0.4) is 0 Å². The van der Waals surface area contributed by atoms with Crippen molar-refractivity contribution in [1.29, 1.82) is 0 Å². The van der Waals surface area contributed by atoms with Gasteiger partial charge in [0.05, 0.1) is 6.26 Å². The van der Waals surface area contributed by atoms with Gasteiger partial charge >= 0.3 is 5.91 Å². The van der Waals surface area contributed by atoms with Crippen molar-refractivity contribution >= 4 is 17.9 Å². The van der Waals surface area contributed by atoms with Crippen LogP contribution < -0.4 is 10.9 Å². The second kappa shape index (κ2) is 6.33. The number of carbonyl (C=O) groups excluding carboxylic acids is 2. The average Bonchev–Trinajstić information content (AvgIpc) is 2.98. The number of furan rings is 1. The number of hydrogen-bond donors (Lipinski definition) is 2. The molecule has 0 fully saturated rings. The van der Waals surface area contributed by atoms with E-state index < -0.39 is 17.6 Å². The van der Waals surface area contributed by atoms with Gasteiger partial charge in [0.2, 0.25) is 0 Å². The maximum Gasteiger partial charge on any atom is 0.305 e. The van der Waals surface area contributed by atoms with E-state index >= 15 is 0 Å². The van der Waals surface area contributed by atoms with Crippen molar-refractivity contribution in [3.63, 3.8) is 0 Å². The number of hydrogen-bond acceptors (Lipinski definition) is 3. The zero-order chi connectivity index (χ0) is 14.4. The first-order valence-corrected chi connectivity index (χ1v) is 5.73. The van der Waals surface area contributed by atoms with Crippen LogP contribution >= 0.6 is 0 Å². The molecule has 0 unspecified atom stereocenters.